The normalized spacial score (nSPS) is 25.0. The van der Waals surface area contributed by atoms with Gasteiger partial charge in [-0.2, -0.15) is 0 Å². The number of nitrogens with zero attached hydrogens (tertiary/aromatic N) is 1. The van der Waals surface area contributed by atoms with Gasteiger partial charge in [-0.05, 0) is 26.2 Å². The first kappa shape index (κ1) is 14.5. The van der Waals surface area contributed by atoms with E-state index in [0.29, 0.717) is 18.0 Å². The zero-order valence-electron chi connectivity index (χ0n) is 11.5. The summed E-state index contributed by atoms with van der Waals surface area (Å²) in [5.74, 6) is 0.334. The van der Waals surface area contributed by atoms with E-state index < -0.39 is 0 Å². The van der Waals surface area contributed by atoms with Gasteiger partial charge in [-0.1, -0.05) is 32.6 Å². The van der Waals surface area contributed by atoms with Crippen LogP contribution in [-0.4, -0.2) is 29.4 Å². The van der Waals surface area contributed by atoms with Crippen LogP contribution < -0.4 is 5.73 Å². The van der Waals surface area contributed by atoms with Crippen LogP contribution in [0.4, 0.5) is 0 Å². The Morgan fingerprint density at radius 2 is 2.00 bits per heavy atom. The van der Waals surface area contributed by atoms with Crippen LogP contribution in [0.15, 0.2) is 0 Å². The van der Waals surface area contributed by atoms with Crippen molar-refractivity contribution in [3.63, 3.8) is 0 Å². The van der Waals surface area contributed by atoms with Gasteiger partial charge < -0.3 is 10.6 Å². The predicted molar refractivity (Wildman–Crippen MR) is 71.8 cm³/mol. The molecule has 3 heteroatoms. The van der Waals surface area contributed by atoms with Crippen molar-refractivity contribution >= 4 is 5.91 Å². The SMILES string of the molecule is CCCCCCCC(=O)N1CCC(N)CC1C. The molecule has 0 aromatic rings. The molecule has 2 N–H and O–H groups in total. The van der Waals surface area contributed by atoms with E-state index >= 15 is 0 Å². The van der Waals surface area contributed by atoms with E-state index in [9.17, 15) is 4.79 Å². The van der Waals surface area contributed by atoms with Crippen molar-refractivity contribution in [3.8, 4) is 0 Å². The van der Waals surface area contributed by atoms with Crippen LogP contribution in [0.2, 0.25) is 0 Å². The molecule has 0 aromatic carbocycles. The summed E-state index contributed by atoms with van der Waals surface area (Å²) in [6.07, 6.45) is 8.72. The molecule has 1 heterocycles. The molecule has 0 aliphatic carbocycles. The van der Waals surface area contributed by atoms with Gasteiger partial charge in [0.2, 0.25) is 5.91 Å². The molecule has 1 aliphatic rings. The molecule has 0 aromatic heterocycles. The highest BCUT2D eigenvalue weighted by Gasteiger charge is 2.26. The van der Waals surface area contributed by atoms with Crippen LogP contribution in [-0.2, 0) is 4.79 Å². The molecule has 1 aliphatic heterocycles. The molecule has 1 rings (SSSR count). The maximum atomic E-state index is 12.0. The minimum atomic E-state index is 0.290. The Morgan fingerprint density at radius 3 is 2.65 bits per heavy atom. The Labute approximate surface area is 106 Å². The standard InChI is InChI=1S/C14H28N2O/c1-3-4-5-6-7-8-14(17)16-10-9-13(15)11-12(16)2/h12-13H,3-11,15H2,1-2H3. The smallest absolute Gasteiger partial charge is 0.222 e. The number of amides is 1. The second-order valence-corrected chi connectivity index (χ2v) is 5.38. The van der Waals surface area contributed by atoms with E-state index in [4.69, 9.17) is 5.73 Å². The zero-order valence-corrected chi connectivity index (χ0v) is 11.5. The van der Waals surface area contributed by atoms with E-state index in [1.165, 1.54) is 25.7 Å². The fourth-order valence-corrected chi connectivity index (χ4v) is 2.60. The molecule has 1 amide bonds. The Kier molecular flexibility index (Phi) is 6.56. The van der Waals surface area contributed by atoms with Crippen molar-refractivity contribution < 1.29 is 4.79 Å². The first-order chi connectivity index (χ1) is 8.15. The van der Waals surface area contributed by atoms with E-state index in [2.05, 4.69) is 13.8 Å². The van der Waals surface area contributed by atoms with E-state index in [1.54, 1.807) is 0 Å². The molecule has 0 saturated carbocycles. The first-order valence-corrected chi connectivity index (χ1v) is 7.20. The van der Waals surface area contributed by atoms with Gasteiger partial charge in [0, 0.05) is 25.0 Å². The summed E-state index contributed by atoms with van der Waals surface area (Å²) < 4.78 is 0. The maximum absolute atomic E-state index is 12.0. The third-order valence-corrected chi connectivity index (χ3v) is 3.73. The monoisotopic (exact) mass is 240 g/mol. The lowest BCUT2D eigenvalue weighted by molar-refractivity contribution is -0.134. The molecule has 1 saturated heterocycles. The molecule has 1 fully saturated rings. The minimum absolute atomic E-state index is 0.290. The molecule has 17 heavy (non-hydrogen) atoms. The lowest BCUT2D eigenvalue weighted by atomic mass is 9.98. The predicted octanol–water partition coefficient (Wildman–Crippen LogP) is 2.69. The van der Waals surface area contributed by atoms with Gasteiger partial charge in [-0.15, -0.1) is 0 Å². The number of piperidine rings is 1. The van der Waals surface area contributed by atoms with Gasteiger partial charge in [-0.25, -0.2) is 0 Å². The number of carbonyl (C=O) groups excluding carboxylic acids is 1. The van der Waals surface area contributed by atoms with Crippen LogP contribution >= 0.6 is 0 Å². The Hall–Kier alpha value is -0.570. The minimum Gasteiger partial charge on any atom is -0.340 e. The lowest BCUT2D eigenvalue weighted by Gasteiger charge is -2.36. The van der Waals surface area contributed by atoms with Gasteiger partial charge >= 0.3 is 0 Å². The number of unbranched alkanes of at least 4 members (excludes halogenated alkanes) is 4. The Morgan fingerprint density at radius 1 is 1.29 bits per heavy atom. The van der Waals surface area contributed by atoms with Crippen LogP contribution in [0.1, 0.15) is 65.2 Å². The summed E-state index contributed by atoms with van der Waals surface area (Å²) >= 11 is 0. The van der Waals surface area contributed by atoms with Crippen molar-refractivity contribution in [2.45, 2.75) is 77.3 Å². The van der Waals surface area contributed by atoms with Crippen LogP contribution in [0.3, 0.4) is 0 Å². The summed E-state index contributed by atoms with van der Waals surface area (Å²) in [5.41, 5.74) is 5.90. The molecule has 3 nitrogen and oxygen atoms in total. The summed E-state index contributed by atoms with van der Waals surface area (Å²) in [5, 5.41) is 0. The average Bonchev–Trinajstić information content (AvgIpc) is 2.28. The van der Waals surface area contributed by atoms with Gasteiger partial charge in [0.1, 0.15) is 0 Å². The fraction of sp³-hybridized carbons (Fsp3) is 0.929. The number of hydrogen-bond donors (Lipinski definition) is 1. The van der Waals surface area contributed by atoms with Crippen molar-refractivity contribution in [3.05, 3.63) is 0 Å². The third kappa shape index (κ3) is 5.07. The number of rotatable bonds is 6. The van der Waals surface area contributed by atoms with Gasteiger partial charge in [0.15, 0.2) is 0 Å². The van der Waals surface area contributed by atoms with Crippen molar-refractivity contribution in [2.75, 3.05) is 6.54 Å². The number of likely N-dealkylation sites (tertiary alicyclic amines) is 1. The van der Waals surface area contributed by atoms with Crippen LogP contribution in [0, 0.1) is 0 Å². The van der Waals surface area contributed by atoms with Crippen molar-refractivity contribution in [1.29, 1.82) is 0 Å². The summed E-state index contributed by atoms with van der Waals surface area (Å²) in [6, 6.07) is 0.625. The first-order valence-electron chi connectivity index (χ1n) is 7.20. The van der Waals surface area contributed by atoms with Crippen molar-refractivity contribution in [1.82, 2.24) is 4.90 Å². The summed E-state index contributed by atoms with van der Waals surface area (Å²) in [4.78, 5) is 14.1. The van der Waals surface area contributed by atoms with Crippen LogP contribution in [0.25, 0.3) is 0 Å². The van der Waals surface area contributed by atoms with E-state index in [0.717, 1.165) is 32.2 Å². The molecule has 100 valence electrons. The molecule has 0 radical (unpaired) electrons. The number of carbonyl (C=O) groups is 1. The average molecular weight is 240 g/mol. The van der Waals surface area contributed by atoms with E-state index in [-0.39, 0.29) is 0 Å². The van der Waals surface area contributed by atoms with Gasteiger partial charge in [-0.3, -0.25) is 4.79 Å². The summed E-state index contributed by atoms with van der Waals surface area (Å²) in [7, 11) is 0. The van der Waals surface area contributed by atoms with E-state index in [1.807, 2.05) is 4.90 Å². The number of hydrogen-bond acceptors (Lipinski definition) is 2. The van der Waals surface area contributed by atoms with Crippen LogP contribution in [0.5, 0.6) is 0 Å². The topological polar surface area (TPSA) is 46.3 Å². The van der Waals surface area contributed by atoms with Gasteiger partial charge in [0.25, 0.3) is 0 Å². The molecule has 0 bridgehead atoms. The lowest BCUT2D eigenvalue weighted by Crippen LogP contribution is -2.48. The second-order valence-electron chi connectivity index (χ2n) is 5.38. The van der Waals surface area contributed by atoms with Gasteiger partial charge in [0.05, 0.1) is 0 Å². The zero-order chi connectivity index (χ0) is 12.7. The maximum Gasteiger partial charge on any atom is 0.222 e. The Bertz CT molecular complexity index is 230. The molecular formula is C14H28N2O. The second kappa shape index (κ2) is 7.70. The highest BCUT2D eigenvalue weighted by molar-refractivity contribution is 5.76. The summed E-state index contributed by atoms with van der Waals surface area (Å²) in [6.45, 7) is 5.19. The third-order valence-electron chi connectivity index (χ3n) is 3.73. The quantitative estimate of drug-likeness (QED) is 0.726. The largest absolute Gasteiger partial charge is 0.340 e. The Balaban J connectivity index is 2.18. The van der Waals surface area contributed by atoms with Crippen molar-refractivity contribution in [2.24, 2.45) is 5.73 Å². The molecular weight excluding hydrogens is 212 g/mol. The number of nitrogens with two attached hydrogens (primary N) is 1. The molecule has 0 spiro atoms. The molecule has 2 unspecified atom stereocenters. The fourth-order valence-electron chi connectivity index (χ4n) is 2.60. The highest BCUT2D eigenvalue weighted by atomic mass is 16.2. The molecule has 2 atom stereocenters. The highest BCUT2D eigenvalue weighted by Crippen LogP contribution is 2.18.